The first-order valence-corrected chi connectivity index (χ1v) is 8.44. The van der Waals surface area contributed by atoms with E-state index in [2.05, 4.69) is 24.5 Å². The number of rotatable bonds is 5. The van der Waals surface area contributed by atoms with Crippen molar-refractivity contribution in [3.05, 3.63) is 90.2 Å². The molecule has 0 heterocycles. The maximum Gasteiger partial charge on any atom is 0.115 e. The van der Waals surface area contributed by atoms with E-state index in [1.807, 2.05) is 38.1 Å². The number of aromatic hydroxyl groups is 2. The number of phenolic OH excluding ortho intramolecular Hbond substituents is 2. The Morgan fingerprint density at radius 2 is 1.23 bits per heavy atom. The lowest BCUT2D eigenvalue weighted by Crippen LogP contribution is -1.90. The molecule has 0 spiro atoms. The van der Waals surface area contributed by atoms with Crippen LogP contribution in [0.4, 0.5) is 0 Å². The number of allylic oxidation sites excluding steroid dienone is 4. The van der Waals surface area contributed by atoms with E-state index < -0.39 is 0 Å². The Morgan fingerprint density at radius 3 is 1.46 bits per heavy atom. The predicted octanol–water partition coefficient (Wildman–Crippen LogP) is 5.31. The SMILES string of the molecule is C/C=C(/C(=C/C)c1ccc(O)cc1)c1ccc(O)cc1.C=C=CCCO. The van der Waals surface area contributed by atoms with E-state index in [1.165, 1.54) is 0 Å². The Kier molecular flexibility index (Phi) is 9.34. The highest BCUT2D eigenvalue weighted by Gasteiger charge is 2.09. The fourth-order valence-corrected chi connectivity index (χ4v) is 2.40. The van der Waals surface area contributed by atoms with Gasteiger partial charge in [-0.25, -0.2) is 0 Å². The third kappa shape index (κ3) is 6.48. The van der Waals surface area contributed by atoms with Gasteiger partial charge < -0.3 is 15.3 Å². The zero-order valence-electron chi connectivity index (χ0n) is 15.3. The second kappa shape index (κ2) is 11.5. The molecule has 2 rings (SSSR count). The Bertz CT molecular complexity index is 716. The smallest absolute Gasteiger partial charge is 0.115 e. The topological polar surface area (TPSA) is 60.7 Å². The van der Waals surface area contributed by atoms with Gasteiger partial charge in [0, 0.05) is 6.61 Å². The number of hydrogen-bond acceptors (Lipinski definition) is 3. The van der Waals surface area contributed by atoms with Crippen LogP contribution in [0.5, 0.6) is 11.5 Å². The van der Waals surface area contributed by atoms with Crippen molar-refractivity contribution in [3.8, 4) is 11.5 Å². The summed E-state index contributed by atoms with van der Waals surface area (Å²) in [5, 5.41) is 26.9. The van der Waals surface area contributed by atoms with Gasteiger partial charge in [-0.05, 0) is 72.9 Å². The lowest BCUT2D eigenvalue weighted by atomic mass is 9.92. The summed E-state index contributed by atoms with van der Waals surface area (Å²) in [6.45, 7) is 7.49. The minimum absolute atomic E-state index is 0.197. The maximum atomic E-state index is 9.39. The molecule has 0 aromatic heterocycles. The van der Waals surface area contributed by atoms with Crippen LogP contribution in [0.2, 0.25) is 0 Å². The van der Waals surface area contributed by atoms with E-state index in [4.69, 9.17) is 5.11 Å². The summed E-state index contributed by atoms with van der Waals surface area (Å²) in [5.41, 5.74) is 6.82. The molecule has 0 saturated carbocycles. The van der Waals surface area contributed by atoms with Crippen molar-refractivity contribution in [1.82, 2.24) is 0 Å². The summed E-state index contributed by atoms with van der Waals surface area (Å²) in [5.74, 6) is 0.520. The molecule has 0 aliphatic rings. The van der Waals surface area contributed by atoms with Crippen LogP contribution in [0, 0.1) is 0 Å². The van der Waals surface area contributed by atoms with E-state index in [9.17, 15) is 10.2 Å². The molecule has 0 saturated heterocycles. The van der Waals surface area contributed by atoms with E-state index >= 15 is 0 Å². The van der Waals surface area contributed by atoms with Crippen molar-refractivity contribution in [1.29, 1.82) is 0 Å². The fraction of sp³-hybridized carbons (Fsp3) is 0.174. The van der Waals surface area contributed by atoms with Gasteiger partial charge in [0.05, 0.1) is 0 Å². The molecule has 0 radical (unpaired) electrons. The van der Waals surface area contributed by atoms with Crippen LogP contribution < -0.4 is 0 Å². The molecule has 2 aromatic carbocycles. The monoisotopic (exact) mass is 350 g/mol. The van der Waals surface area contributed by atoms with Gasteiger partial charge >= 0.3 is 0 Å². The summed E-state index contributed by atoms with van der Waals surface area (Å²) in [6, 6.07) is 14.3. The second-order valence-corrected chi connectivity index (χ2v) is 5.42. The van der Waals surface area contributed by atoms with Crippen LogP contribution in [-0.4, -0.2) is 21.9 Å². The van der Waals surface area contributed by atoms with Crippen LogP contribution in [0.1, 0.15) is 31.4 Å². The Morgan fingerprint density at radius 1 is 0.846 bits per heavy atom. The van der Waals surface area contributed by atoms with Gasteiger partial charge in [-0.15, -0.1) is 5.73 Å². The molecular weight excluding hydrogens is 324 g/mol. The lowest BCUT2D eigenvalue weighted by molar-refractivity contribution is 0.302. The molecule has 0 fully saturated rings. The van der Waals surface area contributed by atoms with Crippen molar-refractivity contribution in [2.45, 2.75) is 20.3 Å². The first kappa shape index (κ1) is 21.0. The Hall–Kier alpha value is -3.00. The quantitative estimate of drug-likeness (QED) is 0.505. The van der Waals surface area contributed by atoms with Gasteiger partial charge in [0.15, 0.2) is 0 Å². The van der Waals surface area contributed by atoms with Gasteiger partial charge in [-0.3, -0.25) is 0 Å². The van der Waals surface area contributed by atoms with Crippen molar-refractivity contribution in [3.63, 3.8) is 0 Å². The van der Waals surface area contributed by atoms with Crippen molar-refractivity contribution in [2.24, 2.45) is 0 Å². The number of aliphatic hydroxyl groups is 1. The van der Waals surface area contributed by atoms with E-state index in [0.717, 1.165) is 22.3 Å². The van der Waals surface area contributed by atoms with E-state index in [1.54, 1.807) is 30.3 Å². The van der Waals surface area contributed by atoms with E-state index in [-0.39, 0.29) is 18.1 Å². The Labute approximate surface area is 155 Å². The third-order valence-electron chi connectivity index (χ3n) is 3.64. The molecule has 0 aliphatic carbocycles. The summed E-state index contributed by atoms with van der Waals surface area (Å²) >= 11 is 0. The van der Waals surface area contributed by atoms with Gasteiger partial charge in [-0.1, -0.05) is 43.0 Å². The molecular formula is C23H26O3. The van der Waals surface area contributed by atoms with Crippen molar-refractivity contribution < 1.29 is 15.3 Å². The third-order valence-corrected chi connectivity index (χ3v) is 3.64. The molecule has 0 unspecified atom stereocenters. The number of hydrogen-bond donors (Lipinski definition) is 3. The molecule has 26 heavy (non-hydrogen) atoms. The predicted molar refractivity (Wildman–Crippen MR) is 109 cm³/mol. The minimum Gasteiger partial charge on any atom is -0.508 e. The van der Waals surface area contributed by atoms with Crippen molar-refractivity contribution in [2.75, 3.05) is 6.61 Å². The van der Waals surface area contributed by atoms with Crippen molar-refractivity contribution >= 4 is 11.1 Å². The molecule has 3 nitrogen and oxygen atoms in total. The average molecular weight is 350 g/mol. The largest absolute Gasteiger partial charge is 0.508 e. The highest BCUT2D eigenvalue weighted by molar-refractivity contribution is 6.04. The number of aliphatic hydroxyl groups excluding tert-OH is 1. The summed E-state index contributed by atoms with van der Waals surface area (Å²) < 4.78 is 0. The van der Waals surface area contributed by atoms with Crippen LogP contribution in [-0.2, 0) is 0 Å². The first-order chi connectivity index (χ1) is 12.6. The molecule has 2 aromatic rings. The molecule has 0 atom stereocenters. The van der Waals surface area contributed by atoms with Gasteiger partial charge in [0.25, 0.3) is 0 Å². The van der Waals surface area contributed by atoms with Crippen LogP contribution >= 0.6 is 0 Å². The van der Waals surface area contributed by atoms with Gasteiger partial charge in [0.1, 0.15) is 11.5 Å². The highest BCUT2D eigenvalue weighted by Crippen LogP contribution is 2.32. The first-order valence-electron chi connectivity index (χ1n) is 8.44. The summed E-state index contributed by atoms with van der Waals surface area (Å²) in [4.78, 5) is 0. The molecule has 0 aliphatic heterocycles. The number of phenols is 2. The highest BCUT2D eigenvalue weighted by atomic mass is 16.3. The summed E-state index contributed by atoms with van der Waals surface area (Å²) in [6.07, 6.45) is 6.46. The number of benzene rings is 2. The maximum absolute atomic E-state index is 9.39. The summed E-state index contributed by atoms with van der Waals surface area (Å²) in [7, 11) is 0. The van der Waals surface area contributed by atoms with Gasteiger partial charge in [0.2, 0.25) is 0 Å². The average Bonchev–Trinajstić information content (AvgIpc) is 2.67. The standard InChI is InChI=1S/C18H18O2.C5H8O/c1-3-17(13-5-9-15(19)10-6-13)18(4-2)14-7-11-16(20)12-8-14;1-2-3-4-5-6/h3-12,19-20H,1-2H3;3,6H,1,4-5H2/b17-3+,18-4+;. The normalized spacial score (nSPS) is 11.2. The minimum atomic E-state index is 0.197. The zero-order valence-corrected chi connectivity index (χ0v) is 15.3. The van der Waals surface area contributed by atoms with Gasteiger partial charge in [-0.2, -0.15) is 0 Å². The van der Waals surface area contributed by atoms with E-state index in [0.29, 0.717) is 6.42 Å². The molecule has 136 valence electrons. The zero-order chi connectivity index (χ0) is 19.4. The molecule has 0 amide bonds. The Balaban J connectivity index is 0.000000487. The molecule has 0 bridgehead atoms. The molecule has 3 heteroatoms. The van der Waals surface area contributed by atoms with Crippen LogP contribution in [0.25, 0.3) is 11.1 Å². The van der Waals surface area contributed by atoms with Crippen LogP contribution in [0.15, 0.2) is 79.1 Å². The fourth-order valence-electron chi connectivity index (χ4n) is 2.40. The second-order valence-electron chi connectivity index (χ2n) is 5.42. The lowest BCUT2D eigenvalue weighted by Gasteiger charge is -2.13. The molecule has 3 N–H and O–H groups in total. The van der Waals surface area contributed by atoms with Crippen LogP contribution in [0.3, 0.4) is 0 Å².